The zero-order valence-electron chi connectivity index (χ0n) is 13.8. The maximum absolute atomic E-state index is 12.9. The molecule has 0 aromatic heterocycles. The number of carbonyl (C=O) groups is 1. The normalized spacial score (nSPS) is 15.6. The van der Waals surface area contributed by atoms with Gasteiger partial charge in [-0.3, -0.25) is 4.79 Å². The van der Waals surface area contributed by atoms with Crippen LogP contribution in [0.3, 0.4) is 0 Å². The van der Waals surface area contributed by atoms with E-state index in [0.717, 1.165) is 36.1 Å². The van der Waals surface area contributed by atoms with Crippen LogP contribution in [-0.4, -0.2) is 13.0 Å². The Labute approximate surface area is 137 Å². The molecule has 1 fully saturated rings. The average Bonchev–Trinajstić information content (AvgIpc) is 2.54. The molecule has 0 bridgehead atoms. The Balaban J connectivity index is 1.77. The van der Waals surface area contributed by atoms with Crippen LogP contribution in [0.5, 0.6) is 5.75 Å². The molecule has 1 saturated carbocycles. The Morgan fingerprint density at radius 1 is 1.13 bits per heavy atom. The zero-order valence-corrected chi connectivity index (χ0v) is 13.8. The highest BCUT2D eigenvalue weighted by Gasteiger charge is 2.47. The molecule has 120 valence electrons. The van der Waals surface area contributed by atoms with Crippen LogP contribution >= 0.6 is 0 Å². The summed E-state index contributed by atoms with van der Waals surface area (Å²) in [6.45, 7) is 2.63. The molecule has 1 aliphatic carbocycles. The summed E-state index contributed by atoms with van der Waals surface area (Å²) >= 11 is 0. The minimum atomic E-state index is -0.433. The first-order chi connectivity index (χ1) is 11.2. The van der Waals surface area contributed by atoms with Gasteiger partial charge in [-0.1, -0.05) is 54.4 Å². The van der Waals surface area contributed by atoms with Gasteiger partial charge in [-0.2, -0.15) is 0 Å². The van der Waals surface area contributed by atoms with E-state index in [1.165, 1.54) is 5.56 Å². The van der Waals surface area contributed by atoms with Crippen molar-refractivity contribution in [3.05, 3.63) is 65.2 Å². The van der Waals surface area contributed by atoms with Gasteiger partial charge in [0.15, 0.2) is 0 Å². The topological polar surface area (TPSA) is 38.3 Å². The van der Waals surface area contributed by atoms with E-state index >= 15 is 0 Å². The Hall–Kier alpha value is -2.29. The molecule has 0 radical (unpaired) electrons. The van der Waals surface area contributed by atoms with E-state index in [-0.39, 0.29) is 5.91 Å². The number of ether oxygens (including phenoxy) is 1. The number of benzene rings is 2. The number of aryl methyl sites for hydroxylation is 1. The van der Waals surface area contributed by atoms with Crippen molar-refractivity contribution in [2.45, 2.75) is 38.1 Å². The number of nitrogens with one attached hydrogen (secondary N) is 1. The van der Waals surface area contributed by atoms with Crippen LogP contribution in [0.2, 0.25) is 0 Å². The Morgan fingerprint density at radius 3 is 2.43 bits per heavy atom. The first-order valence-corrected chi connectivity index (χ1v) is 8.13. The maximum Gasteiger partial charge on any atom is 0.231 e. The van der Waals surface area contributed by atoms with Crippen molar-refractivity contribution in [3.63, 3.8) is 0 Å². The molecule has 0 spiro atoms. The molecule has 2 aromatic rings. The summed E-state index contributed by atoms with van der Waals surface area (Å²) in [5.74, 6) is 0.909. The number of para-hydroxylation sites is 1. The van der Waals surface area contributed by atoms with Gasteiger partial charge in [-0.15, -0.1) is 0 Å². The van der Waals surface area contributed by atoms with Crippen molar-refractivity contribution in [2.24, 2.45) is 0 Å². The predicted molar refractivity (Wildman–Crippen MR) is 91.5 cm³/mol. The fourth-order valence-electron chi connectivity index (χ4n) is 3.25. The van der Waals surface area contributed by atoms with Crippen molar-refractivity contribution in [2.75, 3.05) is 7.11 Å². The number of hydrogen-bond donors (Lipinski definition) is 1. The molecule has 3 nitrogen and oxygen atoms in total. The Kier molecular flexibility index (Phi) is 4.37. The first-order valence-electron chi connectivity index (χ1n) is 8.13. The number of carbonyl (C=O) groups excluding carboxylic acids is 1. The molecular formula is C20H23NO2. The van der Waals surface area contributed by atoms with E-state index < -0.39 is 5.41 Å². The molecule has 1 N–H and O–H groups in total. The highest BCUT2D eigenvalue weighted by molar-refractivity contribution is 5.90. The third-order valence-electron chi connectivity index (χ3n) is 4.84. The van der Waals surface area contributed by atoms with E-state index in [9.17, 15) is 4.79 Å². The highest BCUT2D eigenvalue weighted by Crippen LogP contribution is 2.47. The molecule has 1 amide bonds. The number of amides is 1. The predicted octanol–water partition coefficient (Wildman–Crippen LogP) is 3.74. The van der Waals surface area contributed by atoms with Crippen LogP contribution in [-0.2, 0) is 16.8 Å². The molecule has 3 heteroatoms. The molecular weight excluding hydrogens is 286 g/mol. The summed E-state index contributed by atoms with van der Waals surface area (Å²) in [4.78, 5) is 12.9. The van der Waals surface area contributed by atoms with Crippen molar-refractivity contribution >= 4 is 5.91 Å². The van der Waals surface area contributed by atoms with Gasteiger partial charge in [0.25, 0.3) is 0 Å². The van der Waals surface area contributed by atoms with Crippen LogP contribution in [0, 0.1) is 6.92 Å². The largest absolute Gasteiger partial charge is 0.496 e. The van der Waals surface area contributed by atoms with E-state index in [2.05, 4.69) is 36.5 Å². The lowest BCUT2D eigenvalue weighted by atomic mass is 9.63. The molecule has 1 aliphatic rings. The summed E-state index contributed by atoms with van der Waals surface area (Å²) < 4.78 is 5.47. The highest BCUT2D eigenvalue weighted by atomic mass is 16.5. The maximum atomic E-state index is 12.9. The van der Waals surface area contributed by atoms with E-state index in [1.54, 1.807) is 7.11 Å². The molecule has 2 aromatic carbocycles. The Morgan fingerprint density at radius 2 is 1.83 bits per heavy atom. The van der Waals surface area contributed by atoms with Gasteiger partial charge >= 0.3 is 0 Å². The lowest BCUT2D eigenvalue weighted by Gasteiger charge is -2.41. The Bertz CT molecular complexity index is 687. The van der Waals surface area contributed by atoms with Gasteiger partial charge in [0.05, 0.1) is 12.5 Å². The van der Waals surface area contributed by atoms with E-state index in [1.807, 2.05) is 24.3 Å². The molecule has 23 heavy (non-hydrogen) atoms. The summed E-state index contributed by atoms with van der Waals surface area (Å²) in [6.07, 6.45) is 2.84. The summed E-state index contributed by atoms with van der Waals surface area (Å²) in [6, 6.07) is 16.1. The number of methoxy groups -OCH3 is 1. The standard InChI is InChI=1S/C20H23NO2/c1-15-8-10-16(11-9-15)14-21-19(22)20(12-5-13-20)17-6-3-4-7-18(17)23-2/h3-4,6-11H,5,12-14H2,1-2H3,(H,21,22). The van der Waals surface area contributed by atoms with Gasteiger partial charge in [0.2, 0.25) is 5.91 Å². The quantitative estimate of drug-likeness (QED) is 0.913. The minimum Gasteiger partial charge on any atom is -0.496 e. The summed E-state index contributed by atoms with van der Waals surface area (Å²) in [5, 5.41) is 3.12. The SMILES string of the molecule is COc1ccccc1C1(C(=O)NCc2ccc(C)cc2)CCC1. The fraction of sp³-hybridized carbons (Fsp3) is 0.350. The van der Waals surface area contributed by atoms with Gasteiger partial charge in [0.1, 0.15) is 5.75 Å². The van der Waals surface area contributed by atoms with Crippen LogP contribution in [0.4, 0.5) is 0 Å². The smallest absolute Gasteiger partial charge is 0.231 e. The summed E-state index contributed by atoms with van der Waals surface area (Å²) in [7, 11) is 1.66. The molecule has 3 rings (SSSR count). The van der Waals surface area contributed by atoms with E-state index in [0.29, 0.717) is 6.54 Å². The lowest BCUT2D eigenvalue weighted by Crippen LogP contribution is -2.49. The van der Waals surface area contributed by atoms with Crippen molar-refractivity contribution < 1.29 is 9.53 Å². The van der Waals surface area contributed by atoms with Gasteiger partial charge in [-0.05, 0) is 31.4 Å². The molecule has 0 unspecified atom stereocenters. The fourth-order valence-corrected chi connectivity index (χ4v) is 3.25. The van der Waals surface area contributed by atoms with Gasteiger partial charge in [-0.25, -0.2) is 0 Å². The second-order valence-electron chi connectivity index (χ2n) is 6.30. The monoisotopic (exact) mass is 309 g/mol. The third kappa shape index (κ3) is 2.96. The van der Waals surface area contributed by atoms with E-state index in [4.69, 9.17) is 4.74 Å². The van der Waals surface area contributed by atoms with Crippen molar-refractivity contribution in [1.82, 2.24) is 5.32 Å². The number of hydrogen-bond acceptors (Lipinski definition) is 2. The second kappa shape index (κ2) is 6.45. The molecule has 0 atom stereocenters. The first kappa shape index (κ1) is 15.6. The van der Waals surface area contributed by atoms with Crippen molar-refractivity contribution in [1.29, 1.82) is 0 Å². The van der Waals surface area contributed by atoms with Crippen LogP contribution < -0.4 is 10.1 Å². The zero-order chi connectivity index (χ0) is 16.3. The molecule has 0 saturated heterocycles. The van der Waals surface area contributed by atoms with Crippen LogP contribution in [0.25, 0.3) is 0 Å². The molecule has 0 heterocycles. The van der Waals surface area contributed by atoms with Gasteiger partial charge < -0.3 is 10.1 Å². The average molecular weight is 309 g/mol. The number of rotatable bonds is 5. The van der Waals surface area contributed by atoms with Crippen LogP contribution in [0.15, 0.2) is 48.5 Å². The van der Waals surface area contributed by atoms with Gasteiger partial charge in [0, 0.05) is 12.1 Å². The summed E-state index contributed by atoms with van der Waals surface area (Å²) in [5.41, 5.74) is 2.93. The third-order valence-corrected chi connectivity index (χ3v) is 4.84. The second-order valence-corrected chi connectivity index (χ2v) is 6.30. The lowest BCUT2D eigenvalue weighted by molar-refractivity contribution is -0.130. The minimum absolute atomic E-state index is 0.105. The van der Waals surface area contributed by atoms with Crippen molar-refractivity contribution in [3.8, 4) is 5.75 Å². The molecule has 0 aliphatic heterocycles. The van der Waals surface area contributed by atoms with Crippen LogP contribution in [0.1, 0.15) is 36.0 Å².